The van der Waals surface area contributed by atoms with E-state index in [9.17, 15) is 9.90 Å². The average Bonchev–Trinajstić information content (AvgIpc) is 1.84. The van der Waals surface area contributed by atoms with Gasteiger partial charge in [0.25, 0.3) is 0 Å². The number of rotatable bonds is 2. The van der Waals surface area contributed by atoms with Gasteiger partial charge in [0.1, 0.15) is 0 Å². The predicted molar refractivity (Wildman–Crippen MR) is 34.4 cm³/mol. The van der Waals surface area contributed by atoms with Crippen molar-refractivity contribution < 1.29 is 15.0 Å². The van der Waals surface area contributed by atoms with E-state index < -0.39 is 11.6 Å². The third-order valence-electron chi connectivity index (χ3n) is 2.04. The molecule has 1 rings (SSSR count). The minimum absolute atomic E-state index is 0.228. The summed E-state index contributed by atoms with van der Waals surface area (Å²) in [6, 6.07) is -0.344. The van der Waals surface area contributed by atoms with Crippen LogP contribution in [0.25, 0.3) is 0 Å². The fourth-order valence-corrected chi connectivity index (χ4v) is 1.13. The van der Waals surface area contributed by atoms with Crippen LogP contribution in [0.2, 0.25) is 0 Å². The lowest BCUT2D eigenvalue weighted by Crippen LogP contribution is -2.57. The monoisotopic (exact) mass is 145 g/mol. The van der Waals surface area contributed by atoms with E-state index in [1.807, 2.05) is 0 Å². The highest BCUT2D eigenvalue weighted by Gasteiger charge is 2.44. The fourth-order valence-electron chi connectivity index (χ4n) is 1.13. The molecule has 0 aromatic heterocycles. The molecule has 0 heterocycles. The Bertz CT molecular complexity index is 159. The van der Waals surface area contributed by atoms with Crippen molar-refractivity contribution in [3.8, 4) is 0 Å². The first-order chi connectivity index (χ1) is 4.54. The van der Waals surface area contributed by atoms with E-state index in [2.05, 4.69) is 0 Å². The van der Waals surface area contributed by atoms with Crippen LogP contribution in [0.4, 0.5) is 0 Å². The average molecular weight is 145 g/mol. The van der Waals surface area contributed by atoms with Crippen LogP contribution >= 0.6 is 0 Å². The summed E-state index contributed by atoms with van der Waals surface area (Å²) in [4.78, 5) is 10.1. The van der Waals surface area contributed by atoms with Gasteiger partial charge in [-0.2, -0.15) is 0 Å². The van der Waals surface area contributed by atoms with Crippen LogP contribution in [-0.4, -0.2) is 27.8 Å². The lowest BCUT2D eigenvalue weighted by Gasteiger charge is -2.41. The molecule has 1 aliphatic rings. The Morgan fingerprint density at radius 3 is 2.50 bits per heavy atom. The molecule has 0 amide bonds. The third-order valence-corrected chi connectivity index (χ3v) is 2.04. The van der Waals surface area contributed by atoms with Gasteiger partial charge in [-0.05, 0) is 12.8 Å². The number of nitrogens with two attached hydrogens (primary N) is 1. The van der Waals surface area contributed by atoms with Crippen molar-refractivity contribution in [2.24, 2.45) is 5.73 Å². The van der Waals surface area contributed by atoms with Crippen molar-refractivity contribution in [1.82, 2.24) is 0 Å². The van der Waals surface area contributed by atoms with Gasteiger partial charge in [-0.25, -0.2) is 0 Å². The zero-order valence-electron chi connectivity index (χ0n) is 5.58. The van der Waals surface area contributed by atoms with Gasteiger partial charge < -0.3 is 15.9 Å². The van der Waals surface area contributed by atoms with Crippen molar-refractivity contribution in [2.45, 2.75) is 30.9 Å². The van der Waals surface area contributed by atoms with Crippen LogP contribution in [0.15, 0.2) is 0 Å². The lowest BCUT2D eigenvalue weighted by molar-refractivity contribution is -0.148. The molecule has 4 nitrogen and oxygen atoms in total. The summed E-state index contributed by atoms with van der Waals surface area (Å²) < 4.78 is 0. The first-order valence-corrected chi connectivity index (χ1v) is 3.24. The van der Waals surface area contributed by atoms with E-state index in [-0.39, 0.29) is 12.5 Å². The zero-order chi connectivity index (χ0) is 7.78. The number of hydrogen-bond donors (Lipinski definition) is 3. The second kappa shape index (κ2) is 2.21. The molecular weight excluding hydrogens is 134 g/mol. The molecule has 0 radical (unpaired) electrons. The molecule has 1 fully saturated rings. The summed E-state index contributed by atoms with van der Waals surface area (Å²) in [5.41, 5.74) is 4.27. The highest BCUT2D eigenvalue weighted by Crippen LogP contribution is 2.33. The number of hydrogen-bond acceptors (Lipinski definition) is 3. The van der Waals surface area contributed by atoms with E-state index in [1.54, 1.807) is 0 Å². The van der Waals surface area contributed by atoms with Crippen molar-refractivity contribution in [1.29, 1.82) is 0 Å². The van der Waals surface area contributed by atoms with Gasteiger partial charge in [0, 0.05) is 6.04 Å². The zero-order valence-corrected chi connectivity index (χ0v) is 5.58. The number of carboxylic acid groups (broad SMARTS) is 1. The number of aliphatic hydroxyl groups is 1. The number of carboxylic acids is 1. The summed E-state index contributed by atoms with van der Waals surface area (Å²) in [7, 11) is 0. The summed E-state index contributed by atoms with van der Waals surface area (Å²) >= 11 is 0. The van der Waals surface area contributed by atoms with E-state index in [0.29, 0.717) is 6.42 Å². The smallest absolute Gasteiger partial charge is 0.306 e. The molecule has 10 heavy (non-hydrogen) atoms. The Balaban J connectivity index is 2.45. The Kier molecular flexibility index (Phi) is 1.66. The van der Waals surface area contributed by atoms with Crippen molar-refractivity contribution in [3.05, 3.63) is 0 Å². The molecule has 0 aliphatic heterocycles. The van der Waals surface area contributed by atoms with Crippen molar-refractivity contribution >= 4 is 5.97 Å². The van der Waals surface area contributed by atoms with Crippen LogP contribution in [0.5, 0.6) is 0 Å². The topological polar surface area (TPSA) is 83.5 Å². The summed E-state index contributed by atoms with van der Waals surface area (Å²) in [6.45, 7) is 0. The first-order valence-electron chi connectivity index (χ1n) is 3.24. The molecular formula is C6H11NO3. The van der Waals surface area contributed by atoms with Gasteiger partial charge in [0.15, 0.2) is 0 Å². The molecule has 4 N–H and O–H groups in total. The standard InChI is InChI=1S/C6H11NO3/c7-4-1-2-6(4,10)3-5(8)9/h4,10H,1-3,7H2,(H,8,9)/t4-,6?/m0/s1. The quantitative estimate of drug-likeness (QED) is 0.480. The van der Waals surface area contributed by atoms with E-state index in [1.165, 1.54) is 0 Å². The van der Waals surface area contributed by atoms with Gasteiger partial charge in [-0.15, -0.1) is 0 Å². The second-order valence-corrected chi connectivity index (χ2v) is 2.82. The Labute approximate surface area is 58.6 Å². The molecule has 0 aromatic carbocycles. The third kappa shape index (κ3) is 1.12. The van der Waals surface area contributed by atoms with Crippen LogP contribution in [0, 0.1) is 0 Å². The molecule has 0 spiro atoms. The normalized spacial score (nSPS) is 38.8. The van der Waals surface area contributed by atoms with Gasteiger partial charge >= 0.3 is 5.97 Å². The number of carbonyl (C=O) groups is 1. The van der Waals surface area contributed by atoms with E-state index in [0.717, 1.165) is 6.42 Å². The Morgan fingerprint density at radius 1 is 1.80 bits per heavy atom. The maximum atomic E-state index is 10.1. The molecule has 1 unspecified atom stereocenters. The minimum atomic E-state index is -1.12. The van der Waals surface area contributed by atoms with Crippen LogP contribution in [0.3, 0.4) is 0 Å². The van der Waals surface area contributed by atoms with Crippen molar-refractivity contribution in [2.75, 3.05) is 0 Å². The molecule has 0 saturated heterocycles. The molecule has 1 saturated carbocycles. The molecule has 1 aliphatic carbocycles. The molecule has 0 bridgehead atoms. The second-order valence-electron chi connectivity index (χ2n) is 2.82. The summed E-state index contributed by atoms with van der Waals surface area (Å²) in [5.74, 6) is -0.988. The van der Waals surface area contributed by atoms with Gasteiger partial charge in [-0.3, -0.25) is 4.79 Å². The SMILES string of the molecule is N[C@H]1CCC1(O)CC(=O)O. The highest BCUT2D eigenvalue weighted by atomic mass is 16.4. The van der Waals surface area contributed by atoms with Gasteiger partial charge in [0.05, 0.1) is 12.0 Å². The first kappa shape index (κ1) is 7.50. The van der Waals surface area contributed by atoms with E-state index in [4.69, 9.17) is 10.8 Å². The fraction of sp³-hybridized carbons (Fsp3) is 0.833. The molecule has 2 atom stereocenters. The van der Waals surface area contributed by atoms with Crippen LogP contribution < -0.4 is 5.73 Å². The summed E-state index contributed by atoms with van der Waals surface area (Å²) in [5, 5.41) is 17.7. The van der Waals surface area contributed by atoms with Gasteiger partial charge in [0.2, 0.25) is 0 Å². The van der Waals surface area contributed by atoms with Crippen LogP contribution in [-0.2, 0) is 4.79 Å². The summed E-state index contributed by atoms with van der Waals surface area (Å²) in [6.07, 6.45) is 1.01. The van der Waals surface area contributed by atoms with E-state index >= 15 is 0 Å². The van der Waals surface area contributed by atoms with Crippen LogP contribution in [0.1, 0.15) is 19.3 Å². The lowest BCUT2D eigenvalue weighted by atomic mass is 9.73. The largest absolute Gasteiger partial charge is 0.481 e. The maximum Gasteiger partial charge on any atom is 0.306 e. The maximum absolute atomic E-state index is 10.1. The minimum Gasteiger partial charge on any atom is -0.481 e. The highest BCUT2D eigenvalue weighted by molar-refractivity contribution is 5.68. The molecule has 0 aromatic rings. The number of aliphatic carboxylic acids is 1. The Morgan fingerprint density at radius 2 is 2.40 bits per heavy atom. The van der Waals surface area contributed by atoms with Gasteiger partial charge in [-0.1, -0.05) is 0 Å². The molecule has 58 valence electrons. The molecule has 4 heteroatoms. The van der Waals surface area contributed by atoms with Crippen molar-refractivity contribution in [3.63, 3.8) is 0 Å². The Hall–Kier alpha value is -0.610. The predicted octanol–water partition coefficient (Wildman–Crippen LogP) is -0.687.